The summed E-state index contributed by atoms with van der Waals surface area (Å²) in [5.74, 6) is 0.00403. The molecule has 90 valence electrons. The SMILES string of the molecule is C=C(C)C(=O)N(Cc1ccccc1)CC1CO1. The van der Waals surface area contributed by atoms with Crippen LogP contribution in [0.2, 0.25) is 0 Å². The number of hydrogen-bond acceptors (Lipinski definition) is 2. The predicted molar refractivity (Wildman–Crippen MR) is 66.4 cm³/mol. The van der Waals surface area contributed by atoms with E-state index in [2.05, 4.69) is 6.58 Å². The molecule has 1 saturated heterocycles. The normalized spacial score (nSPS) is 17.6. The zero-order chi connectivity index (χ0) is 12.3. The molecule has 1 fully saturated rings. The van der Waals surface area contributed by atoms with E-state index in [-0.39, 0.29) is 12.0 Å². The molecule has 1 aromatic rings. The average molecular weight is 231 g/mol. The molecule has 3 heteroatoms. The Kier molecular flexibility index (Phi) is 3.59. The predicted octanol–water partition coefficient (Wildman–Crippen LogP) is 1.99. The van der Waals surface area contributed by atoms with Gasteiger partial charge in [-0.2, -0.15) is 0 Å². The first-order valence-corrected chi connectivity index (χ1v) is 5.77. The Morgan fingerprint density at radius 2 is 2.12 bits per heavy atom. The molecule has 1 atom stereocenters. The van der Waals surface area contributed by atoms with Gasteiger partial charge in [0.2, 0.25) is 5.91 Å². The van der Waals surface area contributed by atoms with Crippen LogP contribution >= 0.6 is 0 Å². The van der Waals surface area contributed by atoms with Crippen LogP contribution in [-0.2, 0) is 16.1 Å². The van der Waals surface area contributed by atoms with Gasteiger partial charge in [0, 0.05) is 18.7 Å². The smallest absolute Gasteiger partial charge is 0.249 e. The number of nitrogens with zero attached hydrogens (tertiary/aromatic N) is 1. The Morgan fingerprint density at radius 1 is 1.47 bits per heavy atom. The van der Waals surface area contributed by atoms with Crippen molar-refractivity contribution in [1.29, 1.82) is 0 Å². The average Bonchev–Trinajstić information content (AvgIpc) is 3.12. The summed E-state index contributed by atoms with van der Waals surface area (Å²) in [6.07, 6.45) is 0.210. The van der Waals surface area contributed by atoms with Crippen LogP contribution in [0.1, 0.15) is 12.5 Å². The van der Waals surface area contributed by atoms with Gasteiger partial charge in [-0.05, 0) is 12.5 Å². The van der Waals surface area contributed by atoms with Crippen molar-refractivity contribution in [1.82, 2.24) is 4.90 Å². The second-order valence-electron chi connectivity index (χ2n) is 4.41. The summed E-state index contributed by atoms with van der Waals surface area (Å²) in [5, 5.41) is 0. The van der Waals surface area contributed by atoms with E-state index in [1.54, 1.807) is 11.8 Å². The Morgan fingerprint density at radius 3 is 2.65 bits per heavy atom. The van der Waals surface area contributed by atoms with E-state index < -0.39 is 0 Å². The number of benzene rings is 1. The number of carbonyl (C=O) groups excluding carboxylic acids is 1. The molecule has 2 rings (SSSR count). The minimum atomic E-state index is 0.00403. The fraction of sp³-hybridized carbons (Fsp3) is 0.357. The Bertz CT molecular complexity index is 409. The van der Waals surface area contributed by atoms with Crippen molar-refractivity contribution >= 4 is 5.91 Å². The molecule has 0 aromatic heterocycles. The van der Waals surface area contributed by atoms with Gasteiger partial charge in [-0.25, -0.2) is 0 Å². The molecular weight excluding hydrogens is 214 g/mol. The zero-order valence-corrected chi connectivity index (χ0v) is 10.1. The summed E-state index contributed by atoms with van der Waals surface area (Å²) in [5.41, 5.74) is 1.70. The molecule has 3 nitrogen and oxygen atoms in total. The molecule has 1 heterocycles. The van der Waals surface area contributed by atoms with Crippen molar-refractivity contribution in [3.8, 4) is 0 Å². The highest BCUT2D eigenvalue weighted by Gasteiger charge is 2.28. The Balaban J connectivity index is 2.04. The Hall–Kier alpha value is -1.61. The maximum absolute atomic E-state index is 12.0. The van der Waals surface area contributed by atoms with Crippen molar-refractivity contribution in [2.24, 2.45) is 0 Å². The van der Waals surface area contributed by atoms with Crippen LogP contribution in [0.4, 0.5) is 0 Å². The summed E-state index contributed by atoms with van der Waals surface area (Å²) in [6, 6.07) is 9.97. The van der Waals surface area contributed by atoms with Crippen LogP contribution in [0.25, 0.3) is 0 Å². The van der Waals surface area contributed by atoms with Gasteiger partial charge in [-0.1, -0.05) is 36.9 Å². The van der Waals surface area contributed by atoms with Gasteiger partial charge in [0.25, 0.3) is 0 Å². The number of hydrogen-bond donors (Lipinski definition) is 0. The first kappa shape index (κ1) is 11.9. The van der Waals surface area contributed by atoms with E-state index in [0.29, 0.717) is 18.7 Å². The molecule has 0 saturated carbocycles. The van der Waals surface area contributed by atoms with Gasteiger partial charge in [0.1, 0.15) is 0 Å². The largest absolute Gasteiger partial charge is 0.371 e. The molecule has 1 aliphatic heterocycles. The molecule has 0 N–H and O–H groups in total. The summed E-state index contributed by atoms with van der Waals surface area (Å²) >= 11 is 0. The quantitative estimate of drug-likeness (QED) is 0.573. The van der Waals surface area contributed by atoms with Crippen LogP contribution in [0.5, 0.6) is 0 Å². The third kappa shape index (κ3) is 3.43. The van der Waals surface area contributed by atoms with Crippen LogP contribution < -0.4 is 0 Å². The van der Waals surface area contributed by atoms with Gasteiger partial charge in [0.05, 0.1) is 12.7 Å². The molecular formula is C14H17NO2. The minimum absolute atomic E-state index is 0.00403. The van der Waals surface area contributed by atoms with Crippen molar-refractivity contribution < 1.29 is 9.53 Å². The van der Waals surface area contributed by atoms with Gasteiger partial charge in [-0.3, -0.25) is 4.79 Å². The van der Waals surface area contributed by atoms with Crippen molar-refractivity contribution in [3.63, 3.8) is 0 Å². The first-order valence-electron chi connectivity index (χ1n) is 5.77. The van der Waals surface area contributed by atoms with Gasteiger partial charge in [0.15, 0.2) is 0 Å². The van der Waals surface area contributed by atoms with Crippen LogP contribution in [-0.4, -0.2) is 30.1 Å². The zero-order valence-electron chi connectivity index (χ0n) is 10.1. The summed E-state index contributed by atoms with van der Waals surface area (Å²) < 4.78 is 5.18. The highest BCUT2D eigenvalue weighted by Crippen LogP contribution is 2.15. The topological polar surface area (TPSA) is 32.8 Å². The lowest BCUT2D eigenvalue weighted by Gasteiger charge is -2.22. The van der Waals surface area contributed by atoms with Crippen molar-refractivity contribution in [2.45, 2.75) is 19.6 Å². The molecule has 17 heavy (non-hydrogen) atoms. The molecule has 1 aromatic carbocycles. The summed E-state index contributed by atoms with van der Waals surface area (Å²) in [4.78, 5) is 13.8. The maximum Gasteiger partial charge on any atom is 0.249 e. The van der Waals surface area contributed by atoms with Crippen LogP contribution in [0, 0.1) is 0 Å². The maximum atomic E-state index is 12.0. The fourth-order valence-electron chi connectivity index (χ4n) is 1.71. The molecule has 0 bridgehead atoms. The van der Waals surface area contributed by atoms with E-state index in [1.165, 1.54) is 0 Å². The lowest BCUT2D eigenvalue weighted by Crippen LogP contribution is -2.34. The molecule has 0 spiro atoms. The van der Waals surface area contributed by atoms with Crippen LogP contribution in [0.15, 0.2) is 42.5 Å². The Labute approximate surface area is 102 Å². The van der Waals surface area contributed by atoms with Gasteiger partial charge in [-0.15, -0.1) is 0 Å². The van der Waals surface area contributed by atoms with E-state index in [9.17, 15) is 4.79 Å². The molecule has 0 radical (unpaired) electrons. The van der Waals surface area contributed by atoms with E-state index in [0.717, 1.165) is 12.2 Å². The van der Waals surface area contributed by atoms with Crippen molar-refractivity contribution in [2.75, 3.05) is 13.2 Å². The fourth-order valence-corrected chi connectivity index (χ4v) is 1.71. The number of amides is 1. The number of epoxide rings is 1. The van der Waals surface area contributed by atoms with E-state index in [4.69, 9.17) is 4.74 Å². The van der Waals surface area contributed by atoms with E-state index >= 15 is 0 Å². The van der Waals surface area contributed by atoms with Crippen LogP contribution in [0.3, 0.4) is 0 Å². The van der Waals surface area contributed by atoms with Gasteiger partial charge >= 0.3 is 0 Å². The highest BCUT2D eigenvalue weighted by molar-refractivity contribution is 5.92. The summed E-state index contributed by atoms with van der Waals surface area (Å²) in [7, 11) is 0. The first-order chi connectivity index (χ1) is 8.16. The standard InChI is InChI=1S/C14H17NO2/c1-11(2)14(16)15(9-13-10-17-13)8-12-6-4-3-5-7-12/h3-7,13H,1,8-10H2,2H3. The lowest BCUT2D eigenvalue weighted by atomic mass is 10.2. The lowest BCUT2D eigenvalue weighted by molar-refractivity contribution is -0.127. The number of ether oxygens (including phenoxy) is 1. The second-order valence-corrected chi connectivity index (χ2v) is 4.41. The number of carbonyl (C=O) groups is 1. The molecule has 1 aliphatic rings. The third-order valence-corrected chi connectivity index (χ3v) is 2.69. The third-order valence-electron chi connectivity index (χ3n) is 2.69. The molecule has 1 unspecified atom stereocenters. The number of rotatable bonds is 5. The second kappa shape index (κ2) is 5.15. The highest BCUT2D eigenvalue weighted by atomic mass is 16.6. The molecule has 1 amide bonds. The monoisotopic (exact) mass is 231 g/mol. The molecule has 0 aliphatic carbocycles. The van der Waals surface area contributed by atoms with Gasteiger partial charge < -0.3 is 9.64 Å². The van der Waals surface area contributed by atoms with Crippen molar-refractivity contribution in [3.05, 3.63) is 48.0 Å². The summed E-state index contributed by atoms with van der Waals surface area (Å²) in [6.45, 7) is 7.49. The minimum Gasteiger partial charge on any atom is -0.371 e. The van der Waals surface area contributed by atoms with E-state index in [1.807, 2.05) is 30.3 Å².